The van der Waals surface area contributed by atoms with Crippen LogP contribution in [0.2, 0.25) is 0 Å². The molecule has 2 aromatic heterocycles. The average Bonchev–Trinajstić information content (AvgIpc) is 2.86. The Balaban J connectivity index is 2.23. The van der Waals surface area contributed by atoms with Crippen molar-refractivity contribution in [1.29, 1.82) is 0 Å². The second kappa shape index (κ2) is 4.94. The Morgan fingerprint density at radius 2 is 2.00 bits per heavy atom. The molecule has 2 rings (SSSR count). The fraction of sp³-hybridized carbons (Fsp3) is 0.538. The third-order valence-corrected chi connectivity index (χ3v) is 3.24. The molecule has 0 bridgehead atoms. The van der Waals surface area contributed by atoms with Crippen LogP contribution in [-0.2, 0) is 13.1 Å². The summed E-state index contributed by atoms with van der Waals surface area (Å²) in [5.41, 5.74) is 10.0. The molecule has 0 aliphatic rings. The van der Waals surface area contributed by atoms with E-state index in [1.165, 1.54) is 0 Å². The van der Waals surface area contributed by atoms with Crippen LogP contribution >= 0.6 is 0 Å². The van der Waals surface area contributed by atoms with Crippen molar-refractivity contribution < 1.29 is 0 Å². The van der Waals surface area contributed by atoms with Crippen molar-refractivity contribution in [1.82, 2.24) is 19.6 Å². The maximum Gasteiger partial charge on any atom is 0.0853 e. The molecule has 0 saturated carbocycles. The zero-order valence-electron chi connectivity index (χ0n) is 11.5. The lowest BCUT2D eigenvalue weighted by Gasteiger charge is -2.05. The van der Waals surface area contributed by atoms with Gasteiger partial charge in [-0.3, -0.25) is 9.36 Å². The van der Waals surface area contributed by atoms with Crippen LogP contribution in [0.25, 0.3) is 0 Å². The second-order valence-corrected chi connectivity index (χ2v) is 4.89. The van der Waals surface area contributed by atoms with Crippen LogP contribution in [0.3, 0.4) is 0 Å². The summed E-state index contributed by atoms with van der Waals surface area (Å²) in [4.78, 5) is 0. The van der Waals surface area contributed by atoms with Crippen molar-refractivity contribution in [3.8, 4) is 0 Å². The van der Waals surface area contributed by atoms with Crippen LogP contribution in [0.5, 0.6) is 0 Å². The van der Waals surface area contributed by atoms with Gasteiger partial charge in [0, 0.05) is 30.0 Å². The number of aryl methyl sites for hydroxylation is 1. The first kappa shape index (κ1) is 12.8. The molecule has 2 N–H and O–H groups in total. The molecule has 0 fully saturated rings. The summed E-state index contributed by atoms with van der Waals surface area (Å²) < 4.78 is 3.94. The van der Waals surface area contributed by atoms with Gasteiger partial charge >= 0.3 is 0 Å². The summed E-state index contributed by atoms with van der Waals surface area (Å²) >= 11 is 0. The number of nitrogens with two attached hydrogens (primary N) is 1. The number of aromatic nitrogens is 4. The van der Waals surface area contributed by atoms with Gasteiger partial charge in [0.2, 0.25) is 0 Å². The topological polar surface area (TPSA) is 61.7 Å². The SMILES string of the molecule is Cc1nn(Cc2ccn(C(C)C)n2)c(C)c1CN. The van der Waals surface area contributed by atoms with Gasteiger partial charge in [-0.25, -0.2) is 0 Å². The molecule has 98 valence electrons. The van der Waals surface area contributed by atoms with Gasteiger partial charge in [0.25, 0.3) is 0 Å². The maximum absolute atomic E-state index is 5.73. The fourth-order valence-corrected chi connectivity index (χ4v) is 2.09. The number of hydrogen-bond donors (Lipinski definition) is 1. The molecule has 0 spiro atoms. The van der Waals surface area contributed by atoms with E-state index < -0.39 is 0 Å². The van der Waals surface area contributed by atoms with E-state index in [0.717, 1.165) is 22.6 Å². The number of rotatable bonds is 4. The molecule has 5 nitrogen and oxygen atoms in total. The third-order valence-electron chi connectivity index (χ3n) is 3.24. The minimum atomic E-state index is 0.388. The van der Waals surface area contributed by atoms with Gasteiger partial charge in [0.1, 0.15) is 0 Å². The Bertz CT molecular complexity index is 536. The standard InChI is InChI=1S/C13H21N5/c1-9(2)17-6-5-12(16-17)8-18-11(4)13(7-14)10(3)15-18/h5-6,9H,7-8,14H2,1-4H3. The number of nitrogens with zero attached hydrogens (tertiary/aromatic N) is 4. The van der Waals surface area contributed by atoms with Crippen LogP contribution in [-0.4, -0.2) is 19.6 Å². The van der Waals surface area contributed by atoms with Crippen LogP contribution in [0.1, 0.15) is 42.5 Å². The molecule has 0 aromatic carbocycles. The van der Waals surface area contributed by atoms with E-state index in [-0.39, 0.29) is 0 Å². The predicted octanol–water partition coefficient (Wildman–Crippen LogP) is 1.78. The fourth-order valence-electron chi connectivity index (χ4n) is 2.09. The molecular weight excluding hydrogens is 226 g/mol. The lowest BCUT2D eigenvalue weighted by atomic mass is 10.2. The third kappa shape index (κ3) is 2.31. The smallest absolute Gasteiger partial charge is 0.0853 e. The first-order chi connectivity index (χ1) is 8.52. The Kier molecular flexibility index (Phi) is 3.52. The summed E-state index contributed by atoms with van der Waals surface area (Å²) in [6, 6.07) is 2.43. The zero-order valence-corrected chi connectivity index (χ0v) is 11.5. The highest BCUT2D eigenvalue weighted by molar-refractivity contribution is 5.24. The second-order valence-electron chi connectivity index (χ2n) is 4.89. The predicted molar refractivity (Wildman–Crippen MR) is 71.3 cm³/mol. The first-order valence-corrected chi connectivity index (χ1v) is 6.30. The molecule has 0 amide bonds. The summed E-state index contributed by atoms with van der Waals surface area (Å²) in [6.45, 7) is 9.53. The molecule has 0 saturated heterocycles. The highest BCUT2D eigenvalue weighted by Crippen LogP contribution is 2.14. The van der Waals surface area contributed by atoms with Crippen molar-refractivity contribution in [2.45, 2.75) is 46.8 Å². The number of hydrogen-bond acceptors (Lipinski definition) is 3. The quantitative estimate of drug-likeness (QED) is 0.896. The minimum absolute atomic E-state index is 0.388. The van der Waals surface area contributed by atoms with Gasteiger partial charge in [-0.2, -0.15) is 10.2 Å². The lowest BCUT2D eigenvalue weighted by molar-refractivity contribution is 0.519. The minimum Gasteiger partial charge on any atom is -0.326 e. The molecule has 2 aromatic rings. The van der Waals surface area contributed by atoms with Crippen molar-refractivity contribution in [2.75, 3.05) is 0 Å². The molecule has 5 heteroatoms. The van der Waals surface area contributed by atoms with Crippen LogP contribution in [0.15, 0.2) is 12.3 Å². The Hall–Kier alpha value is -1.62. The maximum atomic E-state index is 5.73. The molecule has 0 radical (unpaired) electrons. The monoisotopic (exact) mass is 247 g/mol. The van der Waals surface area contributed by atoms with Crippen LogP contribution in [0.4, 0.5) is 0 Å². The summed E-state index contributed by atoms with van der Waals surface area (Å²) in [5, 5.41) is 9.05. The Labute approximate surface area is 108 Å². The van der Waals surface area contributed by atoms with E-state index >= 15 is 0 Å². The van der Waals surface area contributed by atoms with E-state index in [0.29, 0.717) is 19.1 Å². The molecule has 0 atom stereocenters. The van der Waals surface area contributed by atoms with Gasteiger partial charge in [0.05, 0.1) is 17.9 Å². The van der Waals surface area contributed by atoms with Crippen molar-refractivity contribution >= 4 is 0 Å². The van der Waals surface area contributed by atoms with Gasteiger partial charge in [-0.05, 0) is 33.8 Å². The molecule has 0 unspecified atom stereocenters. The normalized spacial score (nSPS) is 11.4. The highest BCUT2D eigenvalue weighted by atomic mass is 15.3. The molecule has 0 aliphatic carbocycles. The highest BCUT2D eigenvalue weighted by Gasteiger charge is 2.11. The molecule has 2 heterocycles. The summed E-state index contributed by atoms with van der Waals surface area (Å²) in [6.07, 6.45) is 2.01. The molecular formula is C13H21N5. The van der Waals surface area contributed by atoms with E-state index in [4.69, 9.17) is 5.73 Å². The van der Waals surface area contributed by atoms with Crippen LogP contribution < -0.4 is 5.73 Å². The molecule has 0 aliphatic heterocycles. The van der Waals surface area contributed by atoms with E-state index in [1.807, 2.05) is 28.6 Å². The van der Waals surface area contributed by atoms with Crippen molar-refractivity contribution in [2.24, 2.45) is 5.73 Å². The van der Waals surface area contributed by atoms with Crippen molar-refractivity contribution in [3.63, 3.8) is 0 Å². The van der Waals surface area contributed by atoms with Crippen LogP contribution in [0, 0.1) is 13.8 Å². The van der Waals surface area contributed by atoms with E-state index in [1.54, 1.807) is 0 Å². The van der Waals surface area contributed by atoms with E-state index in [9.17, 15) is 0 Å². The van der Waals surface area contributed by atoms with Gasteiger partial charge in [-0.15, -0.1) is 0 Å². The largest absolute Gasteiger partial charge is 0.326 e. The lowest BCUT2D eigenvalue weighted by Crippen LogP contribution is -2.07. The van der Waals surface area contributed by atoms with Gasteiger partial charge in [-0.1, -0.05) is 0 Å². The van der Waals surface area contributed by atoms with Gasteiger partial charge in [0.15, 0.2) is 0 Å². The average molecular weight is 247 g/mol. The van der Waals surface area contributed by atoms with E-state index in [2.05, 4.69) is 31.0 Å². The summed E-state index contributed by atoms with van der Waals surface area (Å²) in [5.74, 6) is 0. The Morgan fingerprint density at radius 3 is 2.50 bits per heavy atom. The Morgan fingerprint density at radius 1 is 1.28 bits per heavy atom. The van der Waals surface area contributed by atoms with Gasteiger partial charge < -0.3 is 5.73 Å². The zero-order chi connectivity index (χ0) is 13.3. The van der Waals surface area contributed by atoms with Crippen molar-refractivity contribution in [3.05, 3.63) is 34.9 Å². The first-order valence-electron chi connectivity index (χ1n) is 6.30. The summed E-state index contributed by atoms with van der Waals surface area (Å²) in [7, 11) is 0. The molecule has 18 heavy (non-hydrogen) atoms.